The van der Waals surface area contributed by atoms with Gasteiger partial charge in [-0.2, -0.15) is 11.8 Å². The molecule has 0 saturated heterocycles. The molecule has 1 heterocycles. The van der Waals surface area contributed by atoms with E-state index in [1.807, 2.05) is 11.8 Å². The van der Waals surface area contributed by atoms with E-state index in [9.17, 15) is 0 Å². The lowest BCUT2D eigenvalue weighted by atomic mass is 9.91. The maximum absolute atomic E-state index is 4.95. The SMILES string of the molecule is CCc1nncn1CCNC(=NCC(c1ccccc1)c1ccccc1)NCCSC. The van der Waals surface area contributed by atoms with Crippen molar-refractivity contribution in [3.63, 3.8) is 0 Å². The average Bonchev–Trinajstić information content (AvgIpc) is 3.28. The first kappa shape index (κ1) is 22.9. The van der Waals surface area contributed by atoms with Crippen molar-refractivity contribution in [2.75, 3.05) is 31.6 Å². The Morgan fingerprint density at radius 1 is 1.00 bits per heavy atom. The minimum Gasteiger partial charge on any atom is -0.356 e. The number of nitrogens with one attached hydrogen (secondary N) is 2. The fourth-order valence-electron chi connectivity index (χ4n) is 3.44. The second-order valence-corrected chi connectivity index (χ2v) is 8.19. The summed E-state index contributed by atoms with van der Waals surface area (Å²) in [5.74, 6) is 3.10. The predicted molar refractivity (Wildman–Crippen MR) is 131 cm³/mol. The molecule has 0 amide bonds. The van der Waals surface area contributed by atoms with Gasteiger partial charge in [0.2, 0.25) is 0 Å². The molecule has 31 heavy (non-hydrogen) atoms. The number of benzene rings is 2. The predicted octanol–water partition coefficient (Wildman–Crippen LogP) is 3.57. The lowest BCUT2D eigenvalue weighted by molar-refractivity contribution is 0.632. The van der Waals surface area contributed by atoms with Crippen molar-refractivity contribution in [3.05, 3.63) is 83.9 Å². The van der Waals surface area contributed by atoms with Crippen LogP contribution < -0.4 is 10.6 Å². The van der Waals surface area contributed by atoms with Gasteiger partial charge in [-0.05, 0) is 17.4 Å². The van der Waals surface area contributed by atoms with Crippen LogP contribution in [0, 0.1) is 0 Å². The highest BCUT2D eigenvalue weighted by molar-refractivity contribution is 7.98. The van der Waals surface area contributed by atoms with Gasteiger partial charge in [-0.25, -0.2) is 0 Å². The molecule has 2 aromatic carbocycles. The molecular weight excluding hydrogens is 404 g/mol. The highest BCUT2D eigenvalue weighted by Gasteiger charge is 2.14. The zero-order valence-electron chi connectivity index (χ0n) is 18.4. The Labute approximate surface area is 189 Å². The summed E-state index contributed by atoms with van der Waals surface area (Å²) in [5.41, 5.74) is 2.55. The van der Waals surface area contributed by atoms with Gasteiger partial charge in [0.05, 0.1) is 6.54 Å². The Morgan fingerprint density at radius 2 is 1.65 bits per heavy atom. The fraction of sp³-hybridized carbons (Fsp3) is 0.375. The molecule has 0 spiro atoms. The summed E-state index contributed by atoms with van der Waals surface area (Å²) in [6.45, 7) is 5.21. The first-order valence-corrected chi connectivity index (χ1v) is 12.2. The number of hydrogen-bond acceptors (Lipinski definition) is 4. The summed E-state index contributed by atoms with van der Waals surface area (Å²) in [5, 5.41) is 15.1. The second kappa shape index (κ2) is 12.8. The molecule has 0 fully saturated rings. The van der Waals surface area contributed by atoms with Crippen molar-refractivity contribution in [1.29, 1.82) is 0 Å². The molecule has 0 saturated carbocycles. The third kappa shape index (κ3) is 7.14. The van der Waals surface area contributed by atoms with E-state index < -0.39 is 0 Å². The zero-order chi connectivity index (χ0) is 21.7. The van der Waals surface area contributed by atoms with E-state index in [2.05, 4.69) is 99.2 Å². The number of rotatable bonds is 11. The second-order valence-electron chi connectivity index (χ2n) is 7.20. The molecule has 7 heteroatoms. The van der Waals surface area contributed by atoms with Gasteiger partial charge >= 0.3 is 0 Å². The van der Waals surface area contributed by atoms with Crippen molar-refractivity contribution in [1.82, 2.24) is 25.4 Å². The number of aromatic nitrogens is 3. The van der Waals surface area contributed by atoms with Crippen molar-refractivity contribution in [2.24, 2.45) is 4.99 Å². The van der Waals surface area contributed by atoms with Crippen LogP contribution in [-0.4, -0.2) is 52.4 Å². The normalized spacial score (nSPS) is 11.6. The third-order valence-electron chi connectivity index (χ3n) is 5.09. The number of aliphatic imine (C=N–C) groups is 1. The van der Waals surface area contributed by atoms with Crippen LogP contribution in [0.2, 0.25) is 0 Å². The number of nitrogens with zero attached hydrogens (tertiary/aromatic N) is 4. The summed E-state index contributed by atoms with van der Waals surface area (Å²) in [6, 6.07) is 21.2. The van der Waals surface area contributed by atoms with Crippen molar-refractivity contribution >= 4 is 17.7 Å². The molecule has 0 atom stereocenters. The lowest BCUT2D eigenvalue weighted by Gasteiger charge is -2.18. The van der Waals surface area contributed by atoms with Gasteiger partial charge in [-0.1, -0.05) is 67.6 Å². The Hall–Kier alpha value is -2.80. The maximum Gasteiger partial charge on any atom is 0.191 e. The highest BCUT2D eigenvalue weighted by Crippen LogP contribution is 2.24. The van der Waals surface area contributed by atoms with E-state index in [1.165, 1.54) is 11.1 Å². The average molecular weight is 437 g/mol. The molecule has 3 rings (SSSR count). The van der Waals surface area contributed by atoms with E-state index >= 15 is 0 Å². The van der Waals surface area contributed by atoms with E-state index in [0.29, 0.717) is 6.54 Å². The van der Waals surface area contributed by atoms with Crippen LogP contribution in [0.5, 0.6) is 0 Å². The molecule has 2 N–H and O–H groups in total. The summed E-state index contributed by atoms with van der Waals surface area (Å²) in [6.07, 6.45) is 4.78. The molecule has 0 aliphatic carbocycles. The molecule has 6 nitrogen and oxygen atoms in total. The van der Waals surface area contributed by atoms with Gasteiger partial charge < -0.3 is 15.2 Å². The van der Waals surface area contributed by atoms with E-state index in [4.69, 9.17) is 4.99 Å². The minimum absolute atomic E-state index is 0.214. The molecule has 1 aromatic heterocycles. The van der Waals surface area contributed by atoms with Crippen molar-refractivity contribution in [3.8, 4) is 0 Å². The molecule has 164 valence electrons. The molecule has 0 unspecified atom stereocenters. The van der Waals surface area contributed by atoms with Crippen LogP contribution in [-0.2, 0) is 13.0 Å². The van der Waals surface area contributed by atoms with E-state index in [0.717, 1.165) is 43.6 Å². The lowest BCUT2D eigenvalue weighted by Crippen LogP contribution is -2.40. The van der Waals surface area contributed by atoms with Crippen molar-refractivity contribution in [2.45, 2.75) is 25.8 Å². The van der Waals surface area contributed by atoms with Gasteiger partial charge in [0.1, 0.15) is 12.2 Å². The molecular formula is C24H32N6S. The Morgan fingerprint density at radius 3 is 2.26 bits per heavy atom. The first-order valence-electron chi connectivity index (χ1n) is 10.8. The van der Waals surface area contributed by atoms with Crippen LogP contribution in [0.25, 0.3) is 0 Å². The summed E-state index contributed by atoms with van der Waals surface area (Å²) in [4.78, 5) is 4.95. The van der Waals surface area contributed by atoms with Crippen molar-refractivity contribution < 1.29 is 0 Å². The largest absolute Gasteiger partial charge is 0.356 e. The Bertz CT molecular complexity index is 871. The van der Waals surface area contributed by atoms with Crippen LogP contribution in [0.1, 0.15) is 29.8 Å². The third-order valence-corrected chi connectivity index (χ3v) is 5.70. The van der Waals surface area contributed by atoms with Gasteiger partial charge in [0.15, 0.2) is 5.96 Å². The number of thioether (sulfide) groups is 1. The fourth-order valence-corrected chi connectivity index (χ4v) is 3.74. The molecule has 3 aromatic rings. The van der Waals surface area contributed by atoms with Crippen LogP contribution in [0.3, 0.4) is 0 Å². The first-order chi connectivity index (χ1) is 15.3. The molecule has 0 bridgehead atoms. The van der Waals surface area contributed by atoms with Gasteiger partial charge in [-0.3, -0.25) is 4.99 Å². The van der Waals surface area contributed by atoms with Crippen LogP contribution in [0.15, 0.2) is 72.0 Å². The number of hydrogen-bond donors (Lipinski definition) is 2. The smallest absolute Gasteiger partial charge is 0.191 e. The molecule has 0 radical (unpaired) electrons. The summed E-state index contributed by atoms with van der Waals surface area (Å²) in [7, 11) is 0. The molecule has 0 aliphatic rings. The Kier molecular flexibility index (Phi) is 9.44. The standard InChI is InChI=1S/C24H32N6S/c1-3-23-29-28-19-30(23)16-14-25-24(26-15-17-31-2)27-18-22(20-10-6-4-7-11-20)21-12-8-5-9-13-21/h4-13,19,22H,3,14-18H2,1-2H3,(H2,25,26,27). The summed E-state index contributed by atoms with van der Waals surface area (Å²) >= 11 is 1.82. The number of aryl methyl sites for hydroxylation is 1. The summed E-state index contributed by atoms with van der Waals surface area (Å²) < 4.78 is 2.09. The number of guanidine groups is 1. The quantitative estimate of drug-likeness (QED) is 0.273. The van der Waals surface area contributed by atoms with Crippen LogP contribution >= 0.6 is 11.8 Å². The van der Waals surface area contributed by atoms with Gasteiger partial charge in [0.25, 0.3) is 0 Å². The zero-order valence-corrected chi connectivity index (χ0v) is 19.2. The van der Waals surface area contributed by atoms with Crippen LogP contribution in [0.4, 0.5) is 0 Å². The minimum atomic E-state index is 0.214. The van der Waals surface area contributed by atoms with Gasteiger partial charge in [-0.15, -0.1) is 10.2 Å². The maximum atomic E-state index is 4.95. The van der Waals surface area contributed by atoms with E-state index in [1.54, 1.807) is 6.33 Å². The van der Waals surface area contributed by atoms with Gasteiger partial charge in [0, 0.05) is 37.7 Å². The monoisotopic (exact) mass is 436 g/mol. The molecule has 0 aliphatic heterocycles. The highest BCUT2D eigenvalue weighted by atomic mass is 32.2. The topological polar surface area (TPSA) is 67.1 Å². The van der Waals surface area contributed by atoms with E-state index in [-0.39, 0.29) is 5.92 Å². The Balaban J connectivity index is 1.70.